The van der Waals surface area contributed by atoms with Crippen LogP contribution in [-0.4, -0.2) is 93.1 Å². The quantitative estimate of drug-likeness (QED) is 0.182. The van der Waals surface area contributed by atoms with Gasteiger partial charge in [-0.25, -0.2) is 28.3 Å². The van der Waals surface area contributed by atoms with E-state index in [0.29, 0.717) is 60.1 Å². The lowest BCUT2D eigenvalue weighted by Crippen LogP contribution is -2.46. The number of amides is 4. The first kappa shape index (κ1) is 36.0. The van der Waals surface area contributed by atoms with Crippen molar-refractivity contribution in [3.8, 4) is 33.6 Å². The summed E-state index contributed by atoms with van der Waals surface area (Å²) in [7, 11) is 2.45. The molecule has 4 N–H and O–H groups in total. The van der Waals surface area contributed by atoms with Crippen molar-refractivity contribution in [2.45, 2.75) is 63.7 Å². The summed E-state index contributed by atoms with van der Waals surface area (Å²) in [6.45, 7) is 4.14. The van der Waals surface area contributed by atoms with Crippen LogP contribution in [0.15, 0.2) is 48.8 Å². The Morgan fingerprint density at radius 2 is 1.13 bits per heavy atom. The number of rotatable bonds is 9. The van der Waals surface area contributed by atoms with Gasteiger partial charge in [0, 0.05) is 24.2 Å². The van der Waals surface area contributed by atoms with Gasteiger partial charge in [0.1, 0.15) is 35.4 Å². The number of H-pyrrole nitrogens is 2. The van der Waals surface area contributed by atoms with Crippen LogP contribution in [0.25, 0.3) is 33.6 Å². The number of likely N-dealkylation sites (tertiary alicyclic amines) is 2. The van der Waals surface area contributed by atoms with Gasteiger partial charge in [0.25, 0.3) is 0 Å². The Balaban J connectivity index is 1.14. The second-order valence-corrected chi connectivity index (χ2v) is 12.8. The van der Waals surface area contributed by atoms with Gasteiger partial charge in [0.15, 0.2) is 0 Å². The zero-order valence-corrected chi connectivity index (χ0v) is 29.2. The highest BCUT2D eigenvalue weighted by Gasteiger charge is 2.36. The number of halogens is 2. The normalized spacial score (nSPS) is 18.2. The Morgan fingerprint density at radius 3 is 1.50 bits per heavy atom. The summed E-state index contributed by atoms with van der Waals surface area (Å²) in [6, 6.07) is 6.89. The second-order valence-electron chi connectivity index (χ2n) is 12.8. The van der Waals surface area contributed by atoms with Crippen molar-refractivity contribution in [1.29, 1.82) is 0 Å². The fraction of sp³-hybridized carbons (Fsp3) is 0.389. The third kappa shape index (κ3) is 7.31. The summed E-state index contributed by atoms with van der Waals surface area (Å²) in [5.41, 5.74) is 2.30. The molecular formula is C36H40F2N8O6. The molecule has 2 aliphatic heterocycles. The predicted molar refractivity (Wildman–Crippen MR) is 184 cm³/mol. The minimum atomic E-state index is -0.795. The highest BCUT2D eigenvalue weighted by Crippen LogP contribution is 2.36. The van der Waals surface area contributed by atoms with Crippen LogP contribution in [0.4, 0.5) is 18.4 Å². The number of imidazole rings is 2. The molecule has 0 saturated carbocycles. The first-order chi connectivity index (χ1) is 25.0. The van der Waals surface area contributed by atoms with Gasteiger partial charge in [-0.05, 0) is 74.9 Å². The van der Waals surface area contributed by atoms with Gasteiger partial charge in [-0.1, -0.05) is 12.1 Å². The van der Waals surface area contributed by atoms with Gasteiger partial charge >= 0.3 is 12.2 Å². The minimum Gasteiger partial charge on any atom is -0.453 e. The maximum Gasteiger partial charge on any atom is 0.407 e. The van der Waals surface area contributed by atoms with Gasteiger partial charge in [-0.15, -0.1) is 0 Å². The Kier molecular flexibility index (Phi) is 10.5. The average molecular weight is 719 g/mol. The Morgan fingerprint density at radius 1 is 0.731 bits per heavy atom. The van der Waals surface area contributed by atoms with Crippen molar-refractivity contribution in [1.82, 2.24) is 40.4 Å². The molecule has 2 aromatic heterocycles. The van der Waals surface area contributed by atoms with E-state index < -0.39 is 35.9 Å². The maximum atomic E-state index is 15.6. The predicted octanol–water partition coefficient (Wildman–Crippen LogP) is 5.23. The molecule has 4 amide bonds. The highest BCUT2D eigenvalue weighted by molar-refractivity contribution is 5.86. The van der Waals surface area contributed by atoms with E-state index in [-0.39, 0.29) is 35.0 Å². The van der Waals surface area contributed by atoms with Crippen molar-refractivity contribution in [2.75, 3.05) is 27.3 Å². The fourth-order valence-electron chi connectivity index (χ4n) is 6.83. The molecule has 6 rings (SSSR count). The largest absolute Gasteiger partial charge is 0.453 e. The Labute approximate surface area is 298 Å². The van der Waals surface area contributed by atoms with Gasteiger partial charge in [0.05, 0.1) is 50.1 Å². The van der Waals surface area contributed by atoms with Crippen LogP contribution in [0.3, 0.4) is 0 Å². The molecule has 0 unspecified atom stereocenters. The molecule has 4 heterocycles. The summed E-state index contributed by atoms with van der Waals surface area (Å²) in [6.07, 6.45) is 4.42. The second kappa shape index (κ2) is 15.2. The number of aromatic amines is 2. The van der Waals surface area contributed by atoms with Crippen LogP contribution in [0.1, 0.15) is 63.3 Å². The number of nitrogens with one attached hydrogen (secondary N) is 4. The molecule has 0 bridgehead atoms. The molecule has 0 spiro atoms. The zero-order valence-electron chi connectivity index (χ0n) is 29.2. The zero-order chi connectivity index (χ0) is 37.1. The molecule has 52 heavy (non-hydrogen) atoms. The number of carbonyl (C=O) groups excluding carboxylic acids is 4. The number of alkyl carbamates (subject to hydrolysis) is 2. The van der Waals surface area contributed by atoms with E-state index in [4.69, 9.17) is 0 Å². The average Bonchev–Trinajstić information content (AvgIpc) is 3.97. The molecule has 16 heteroatoms. The summed E-state index contributed by atoms with van der Waals surface area (Å²) in [5.74, 6) is -0.630. The van der Waals surface area contributed by atoms with Crippen LogP contribution in [0.5, 0.6) is 0 Å². The number of benzene rings is 2. The Hall–Kier alpha value is -5.80. The lowest BCUT2D eigenvalue weighted by molar-refractivity contribution is -0.134. The van der Waals surface area contributed by atoms with Gasteiger partial charge in [-0.3, -0.25) is 9.59 Å². The first-order valence-electron chi connectivity index (χ1n) is 17.0. The van der Waals surface area contributed by atoms with Crippen LogP contribution in [0, 0.1) is 11.6 Å². The molecule has 14 nitrogen and oxygen atoms in total. The number of aromatic nitrogens is 4. The van der Waals surface area contributed by atoms with Crippen LogP contribution >= 0.6 is 0 Å². The van der Waals surface area contributed by atoms with E-state index in [2.05, 4.69) is 40.0 Å². The molecule has 4 aromatic rings. The molecule has 0 radical (unpaired) electrons. The number of nitrogens with zero attached hydrogens (tertiary/aromatic N) is 4. The lowest BCUT2D eigenvalue weighted by Gasteiger charge is -2.26. The fourth-order valence-corrected chi connectivity index (χ4v) is 6.83. The van der Waals surface area contributed by atoms with E-state index in [1.54, 1.807) is 47.9 Å². The smallest absolute Gasteiger partial charge is 0.407 e. The van der Waals surface area contributed by atoms with Crippen molar-refractivity contribution in [2.24, 2.45) is 0 Å². The summed E-state index contributed by atoms with van der Waals surface area (Å²) in [5, 5.41) is 4.98. The van der Waals surface area contributed by atoms with Gasteiger partial charge < -0.3 is 39.9 Å². The van der Waals surface area contributed by atoms with Gasteiger partial charge in [-0.2, -0.15) is 0 Å². The van der Waals surface area contributed by atoms with E-state index >= 15 is 8.78 Å². The first-order valence-corrected chi connectivity index (χ1v) is 17.0. The van der Waals surface area contributed by atoms with Crippen LogP contribution in [0.2, 0.25) is 0 Å². The van der Waals surface area contributed by atoms with Crippen LogP contribution < -0.4 is 10.6 Å². The molecule has 2 aromatic carbocycles. The summed E-state index contributed by atoms with van der Waals surface area (Å²) < 4.78 is 40.3. The Bertz CT molecular complexity index is 1840. The lowest BCUT2D eigenvalue weighted by atomic mass is 10.00. The van der Waals surface area contributed by atoms with Gasteiger partial charge in [0.2, 0.25) is 11.8 Å². The molecular weight excluding hydrogens is 678 g/mol. The SMILES string of the molecule is COC(=O)N[C@@H](C)C(=O)N1CCC[C@H]1c1ncc(-c2ccc(-c3ccc(-c4cnc([C@@H]5CCCN5C(=O)[C@@H](C)NC(=O)OC)[nH]4)c(F)c3)cc2F)[nH]1. The number of hydrogen-bond donors (Lipinski definition) is 4. The van der Waals surface area contributed by atoms with E-state index in [0.717, 1.165) is 12.8 Å². The highest BCUT2D eigenvalue weighted by atomic mass is 19.1. The molecule has 274 valence electrons. The third-order valence-corrected chi connectivity index (χ3v) is 9.53. The van der Waals surface area contributed by atoms with Crippen molar-refractivity contribution < 1.29 is 37.4 Å². The summed E-state index contributed by atoms with van der Waals surface area (Å²) in [4.78, 5) is 67.8. The molecule has 2 fully saturated rings. The molecule has 0 aliphatic carbocycles. The van der Waals surface area contributed by atoms with E-state index in [1.165, 1.54) is 38.7 Å². The number of hydrogen-bond acceptors (Lipinski definition) is 8. The minimum absolute atomic E-state index is 0.260. The molecule has 2 aliphatic rings. The maximum absolute atomic E-state index is 15.6. The number of ether oxygens (including phenoxy) is 2. The number of carbonyl (C=O) groups is 4. The van der Waals surface area contributed by atoms with Crippen molar-refractivity contribution >= 4 is 24.0 Å². The van der Waals surface area contributed by atoms with Crippen LogP contribution in [-0.2, 0) is 19.1 Å². The standard InChI is InChI=1S/C36H40F2N8O6/c1-19(41-35(49)51-3)33(47)45-13-5-7-29(45)31-39-17-27(43-31)23-11-9-21(15-25(23)37)22-10-12-24(26(38)16-22)28-18-40-32(44-28)30-8-6-14-46(30)34(48)20(2)42-36(50)52-4/h9-12,15-20,29-30H,5-8,13-14H2,1-4H3,(H,39,43)(H,40,44)(H,41,49)(H,42,50)/t19-,20+,29-,30-/m0/s1. The van der Waals surface area contributed by atoms with Crippen molar-refractivity contribution in [3.63, 3.8) is 0 Å². The molecule has 2 saturated heterocycles. The van der Waals surface area contributed by atoms with Crippen molar-refractivity contribution in [3.05, 3.63) is 72.1 Å². The molecule has 4 atom stereocenters. The van der Waals surface area contributed by atoms with E-state index in [1.807, 2.05) is 0 Å². The topological polar surface area (TPSA) is 175 Å². The third-order valence-electron chi connectivity index (χ3n) is 9.53. The summed E-state index contributed by atoms with van der Waals surface area (Å²) >= 11 is 0. The van der Waals surface area contributed by atoms with E-state index in [9.17, 15) is 19.2 Å². The monoisotopic (exact) mass is 718 g/mol. The number of methoxy groups -OCH3 is 2.